The number of carbonyl (C=O) groups excluding carboxylic acids is 2. The Morgan fingerprint density at radius 2 is 1.33 bits per heavy atom. The van der Waals surface area contributed by atoms with Crippen molar-refractivity contribution in [3.05, 3.63) is 76.9 Å². The number of ketones is 2. The van der Waals surface area contributed by atoms with Crippen LogP contribution < -0.4 is 34.9 Å². The van der Waals surface area contributed by atoms with E-state index in [1.807, 2.05) is 0 Å². The van der Waals surface area contributed by atoms with Crippen molar-refractivity contribution in [3.8, 4) is 11.5 Å². The standard InChI is InChI=1S/C20H13NO7S.Na/c22-14-9-13(21-12-7-3-4-8-15(12)29(26,27)28)20(25)17-16(14)18(23)10-5-1-2-6-11(10)19(17)24;/h1-9,21-22,25H,(H,26,27,28);/q;+1/p-1. The van der Waals surface area contributed by atoms with Crippen LogP contribution in [0.15, 0.2) is 59.5 Å². The number of benzene rings is 3. The number of aromatic hydroxyl groups is 2. The molecule has 0 heterocycles. The Morgan fingerprint density at radius 3 is 1.93 bits per heavy atom. The van der Waals surface area contributed by atoms with Gasteiger partial charge in [0.2, 0.25) is 0 Å². The first kappa shape index (κ1) is 22.0. The normalized spacial score (nSPS) is 12.6. The van der Waals surface area contributed by atoms with Crippen molar-refractivity contribution in [2.45, 2.75) is 4.90 Å². The summed E-state index contributed by atoms with van der Waals surface area (Å²) in [5.74, 6) is -2.52. The van der Waals surface area contributed by atoms with Crippen LogP contribution >= 0.6 is 0 Å². The van der Waals surface area contributed by atoms with Crippen molar-refractivity contribution in [2.75, 3.05) is 5.32 Å². The Kier molecular flexibility index (Phi) is 5.76. The van der Waals surface area contributed by atoms with E-state index in [4.69, 9.17) is 0 Å². The zero-order valence-corrected chi connectivity index (χ0v) is 18.4. The average molecular weight is 433 g/mol. The Hall–Kier alpha value is -2.69. The van der Waals surface area contributed by atoms with Gasteiger partial charge >= 0.3 is 29.6 Å². The second-order valence-corrected chi connectivity index (χ2v) is 7.67. The second kappa shape index (κ2) is 7.86. The van der Waals surface area contributed by atoms with Crippen molar-refractivity contribution in [1.82, 2.24) is 0 Å². The van der Waals surface area contributed by atoms with Gasteiger partial charge in [-0.15, -0.1) is 0 Å². The molecule has 0 atom stereocenters. The van der Waals surface area contributed by atoms with Crippen molar-refractivity contribution >= 4 is 33.1 Å². The molecule has 0 unspecified atom stereocenters. The first-order valence-corrected chi connectivity index (χ1v) is 9.70. The van der Waals surface area contributed by atoms with Crippen molar-refractivity contribution in [1.29, 1.82) is 0 Å². The molecule has 0 spiro atoms. The van der Waals surface area contributed by atoms with Crippen molar-refractivity contribution in [3.63, 3.8) is 0 Å². The third-order valence-corrected chi connectivity index (χ3v) is 5.47. The monoisotopic (exact) mass is 433 g/mol. The molecule has 3 aromatic rings. The minimum absolute atomic E-state index is 0. The molecule has 10 heteroatoms. The number of phenolic OH excluding ortho intramolecular Hbond substituents is 2. The molecule has 1 aliphatic carbocycles. The maximum atomic E-state index is 12.9. The fourth-order valence-corrected chi connectivity index (χ4v) is 3.92. The summed E-state index contributed by atoms with van der Waals surface area (Å²) in [5, 5.41) is 23.6. The molecular weight excluding hydrogens is 421 g/mol. The van der Waals surface area contributed by atoms with E-state index in [2.05, 4.69) is 5.32 Å². The Balaban J connectivity index is 0.00000256. The predicted molar refractivity (Wildman–Crippen MR) is 101 cm³/mol. The summed E-state index contributed by atoms with van der Waals surface area (Å²) in [6.45, 7) is 0. The van der Waals surface area contributed by atoms with Crippen LogP contribution in [-0.2, 0) is 10.1 Å². The van der Waals surface area contributed by atoms with E-state index in [1.54, 1.807) is 12.1 Å². The molecule has 0 fully saturated rings. The molecule has 0 radical (unpaired) electrons. The minimum Gasteiger partial charge on any atom is -0.744 e. The summed E-state index contributed by atoms with van der Waals surface area (Å²) < 4.78 is 34.4. The van der Waals surface area contributed by atoms with Crippen LogP contribution in [0.1, 0.15) is 31.8 Å². The number of fused-ring (bicyclic) bond motifs is 2. The molecule has 0 saturated carbocycles. The molecule has 4 rings (SSSR count). The van der Waals surface area contributed by atoms with E-state index < -0.39 is 43.6 Å². The summed E-state index contributed by atoms with van der Waals surface area (Å²) in [6, 6.07) is 12.1. The Labute approximate surface area is 193 Å². The van der Waals surface area contributed by atoms with Crippen LogP contribution in [-0.4, -0.2) is 34.8 Å². The summed E-state index contributed by atoms with van der Waals surface area (Å²) in [5.41, 5.74) is -0.979. The number of hydrogen-bond acceptors (Lipinski definition) is 8. The van der Waals surface area contributed by atoms with Gasteiger partial charge in [-0.25, -0.2) is 8.42 Å². The zero-order chi connectivity index (χ0) is 20.9. The van der Waals surface area contributed by atoms with E-state index in [-0.39, 0.29) is 57.6 Å². The number of phenols is 2. The number of carbonyl (C=O) groups is 2. The smallest absolute Gasteiger partial charge is 0.744 e. The van der Waals surface area contributed by atoms with Crippen LogP contribution in [0.3, 0.4) is 0 Å². The van der Waals surface area contributed by atoms with Crippen LogP contribution in [0.4, 0.5) is 11.4 Å². The third-order valence-electron chi connectivity index (χ3n) is 4.58. The molecule has 30 heavy (non-hydrogen) atoms. The largest absolute Gasteiger partial charge is 1.00 e. The molecular formula is C20H12NNaO7S. The molecule has 146 valence electrons. The van der Waals surface area contributed by atoms with Crippen LogP contribution in [0, 0.1) is 0 Å². The quantitative estimate of drug-likeness (QED) is 0.170. The van der Waals surface area contributed by atoms with Gasteiger partial charge in [0.15, 0.2) is 17.3 Å². The molecule has 0 bridgehead atoms. The maximum Gasteiger partial charge on any atom is 1.00 e. The number of rotatable bonds is 3. The molecule has 0 aliphatic heterocycles. The zero-order valence-electron chi connectivity index (χ0n) is 15.5. The molecule has 8 nitrogen and oxygen atoms in total. The van der Waals surface area contributed by atoms with Gasteiger partial charge in [-0.05, 0) is 12.1 Å². The molecule has 0 saturated heterocycles. The molecule has 3 aromatic carbocycles. The van der Waals surface area contributed by atoms with Gasteiger partial charge in [-0.2, -0.15) is 0 Å². The second-order valence-electron chi connectivity index (χ2n) is 6.32. The van der Waals surface area contributed by atoms with Crippen LogP contribution in [0.2, 0.25) is 0 Å². The van der Waals surface area contributed by atoms with Gasteiger partial charge in [-0.1, -0.05) is 36.4 Å². The fraction of sp³-hybridized carbons (Fsp3) is 0. The predicted octanol–water partition coefficient (Wildman–Crippen LogP) is -0.475. The molecule has 0 amide bonds. The van der Waals surface area contributed by atoms with Crippen molar-refractivity contribution < 1.29 is 62.3 Å². The van der Waals surface area contributed by atoms with Gasteiger partial charge in [0.1, 0.15) is 15.9 Å². The van der Waals surface area contributed by atoms with E-state index in [0.717, 1.165) is 12.1 Å². The first-order valence-electron chi connectivity index (χ1n) is 8.29. The fourth-order valence-electron chi connectivity index (χ4n) is 3.29. The van der Waals surface area contributed by atoms with E-state index in [0.29, 0.717) is 0 Å². The number of anilines is 2. The minimum atomic E-state index is -4.83. The van der Waals surface area contributed by atoms with Crippen LogP contribution in [0.25, 0.3) is 0 Å². The topological polar surface area (TPSA) is 144 Å². The van der Waals surface area contributed by atoms with E-state index >= 15 is 0 Å². The van der Waals surface area contributed by atoms with Gasteiger partial charge < -0.3 is 20.1 Å². The average Bonchev–Trinajstić information content (AvgIpc) is 2.68. The summed E-state index contributed by atoms with van der Waals surface area (Å²) in [4.78, 5) is 25.0. The Bertz CT molecular complexity index is 1320. The summed E-state index contributed by atoms with van der Waals surface area (Å²) in [6.07, 6.45) is 0. The van der Waals surface area contributed by atoms with Gasteiger partial charge in [0, 0.05) is 17.2 Å². The molecule has 0 aromatic heterocycles. The third kappa shape index (κ3) is 3.51. The number of hydrogen-bond donors (Lipinski definition) is 3. The molecule has 1 aliphatic rings. The van der Waals surface area contributed by atoms with Crippen LogP contribution in [0.5, 0.6) is 11.5 Å². The van der Waals surface area contributed by atoms with Gasteiger partial charge in [0.25, 0.3) is 0 Å². The van der Waals surface area contributed by atoms with Crippen molar-refractivity contribution in [2.24, 2.45) is 0 Å². The number of para-hydroxylation sites is 1. The van der Waals surface area contributed by atoms with Gasteiger partial charge in [-0.3, -0.25) is 9.59 Å². The SMILES string of the molecule is O=C1c2ccccc2C(=O)c2c(O)c(Nc3ccccc3S(=O)(=O)[O-])cc(O)c21.[Na+]. The first-order chi connectivity index (χ1) is 13.7. The maximum absolute atomic E-state index is 12.9. The number of nitrogens with one attached hydrogen (secondary N) is 1. The van der Waals surface area contributed by atoms with E-state index in [1.165, 1.54) is 30.3 Å². The van der Waals surface area contributed by atoms with Gasteiger partial charge in [0.05, 0.1) is 27.4 Å². The Morgan fingerprint density at radius 1 is 0.800 bits per heavy atom. The molecule has 3 N–H and O–H groups in total. The summed E-state index contributed by atoms with van der Waals surface area (Å²) in [7, 11) is -4.83. The van der Waals surface area contributed by atoms with E-state index in [9.17, 15) is 32.8 Å². The summed E-state index contributed by atoms with van der Waals surface area (Å²) >= 11 is 0.